The molecule has 2 aromatic rings. The third-order valence-corrected chi connectivity index (χ3v) is 4.49. The standard InChI is InChI=1S/C17H22ClN3O2/c1-17(2,3)23-16(22)20(4)12-7-13(8-12)21-6-5-11-10-19-15(18)9-14(11)21/h5-6,9-10,12-13H,7-8H2,1-4H3/t12-,13-. The third-order valence-electron chi connectivity index (χ3n) is 4.28. The SMILES string of the molecule is CN(C(=O)OC(C)(C)C)[C@H]1C[C@H](n2ccc3cnc(Cl)cc32)C1. The fraction of sp³-hybridized carbons (Fsp3) is 0.529. The van der Waals surface area contributed by atoms with Crippen molar-refractivity contribution in [3.8, 4) is 0 Å². The summed E-state index contributed by atoms with van der Waals surface area (Å²) in [6, 6.07) is 4.52. The molecule has 0 unspecified atom stereocenters. The molecule has 3 rings (SSSR count). The van der Waals surface area contributed by atoms with Gasteiger partial charge in [0.05, 0.1) is 5.52 Å². The zero-order chi connectivity index (χ0) is 16.8. The maximum absolute atomic E-state index is 12.1. The van der Waals surface area contributed by atoms with Gasteiger partial charge in [-0.1, -0.05) is 11.6 Å². The van der Waals surface area contributed by atoms with Crippen LogP contribution in [0.4, 0.5) is 4.79 Å². The lowest BCUT2D eigenvalue weighted by Crippen LogP contribution is -2.47. The third kappa shape index (κ3) is 3.29. The molecule has 0 atom stereocenters. The van der Waals surface area contributed by atoms with Crippen LogP contribution in [0.3, 0.4) is 0 Å². The Kier molecular flexibility index (Phi) is 4.00. The van der Waals surface area contributed by atoms with Gasteiger partial charge < -0.3 is 14.2 Å². The number of carbonyl (C=O) groups excluding carboxylic acids is 1. The van der Waals surface area contributed by atoms with E-state index in [1.165, 1.54) is 0 Å². The van der Waals surface area contributed by atoms with Gasteiger partial charge in [-0.05, 0) is 45.7 Å². The second-order valence-electron chi connectivity index (χ2n) is 7.16. The molecule has 0 aliphatic heterocycles. The minimum atomic E-state index is -0.463. The van der Waals surface area contributed by atoms with E-state index in [-0.39, 0.29) is 12.1 Å². The second-order valence-corrected chi connectivity index (χ2v) is 7.55. The van der Waals surface area contributed by atoms with E-state index in [1.807, 2.05) is 40.0 Å². The minimum Gasteiger partial charge on any atom is -0.444 e. The minimum absolute atomic E-state index is 0.213. The van der Waals surface area contributed by atoms with Gasteiger partial charge in [-0.15, -0.1) is 0 Å². The quantitative estimate of drug-likeness (QED) is 0.770. The topological polar surface area (TPSA) is 47.4 Å². The average Bonchev–Trinajstić information content (AvgIpc) is 2.78. The summed E-state index contributed by atoms with van der Waals surface area (Å²) in [4.78, 5) is 17.9. The highest BCUT2D eigenvalue weighted by Gasteiger charge is 2.37. The number of rotatable bonds is 2. The predicted molar refractivity (Wildman–Crippen MR) is 90.8 cm³/mol. The summed E-state index contributed by atoms with van der Waals surface area (Å²) in [7, 11) is 1.81. The maximum atomic E-state index is 12.1. The summed E-state index contributed by atoms with van der Waals surface area (Å²) in [6.45, 7) is 5.64. The van der Waals surface area contributed by atoms with Gasteiger partial charge in [0.25, 0.3) is 0 Å². The molecule has 1 aliphatic carbocycles. The van der Waals surface area contributed by atoms with Gasteiger partial charge in [-0.2, -0.15) is 0 Å². The largest absolute Gasteiger partial charge is 0.444 e. The Labute approximate surface area is 141 Å². The smallest absolute Gasteiger partial charge is 0.410 e. The number of aromatic nitrogens is 2. The van der Waals surface area contributed by atoms with E-state index in [0.29, 0.717) is 11.2 Å². The Bertz CT molecular complexity index is 729. The monoisotopic (exact) mass is 335 g/mol. The molecule has 5 nitrogen and oxygen atoms in total. The van der Waals surface area contributed by atoms with Gasteiger partial charge in [0.15, 0.2) is 0 Å². The first kappa shape index (κ1) is 16.1. The van der Waals surface area contributed by atoms with E-state index >= 15 is 0 Å². The zero-order valence-electron chi connectivity index (χ0n) is 13.9. The lowest BCUT2D eigenvalue weighted by molar-refractivity contribution is 0.00813. The molecule has 0 saturated heterocycles. The van der Waals surface area contributed by atoms with E-state index in [9.17, 15) is 4.79 Å². The molecule has 6 heteroatoms. The molecule has 0 N–H and O–H groups in total. The van der Waals surface area contributed by atoms with E-state index in [1.54, 1.807) is 11.1 Å². The zero-order valence-corrected chi connectivity index (χ0v) is 14.7. The van der Waals surface area contributed by atoms with E-state index < -0.39 is 5.60 Å². The summed E-state index contributed by atoms with van der Waals surface area (Å²) in [5.74, 6) is 0. The first-order chi connectivity index (χ1) is 10.7. The molecule has 0 aromatic carbocycles. The molecule has 2 heterocycles. The molecule has 1 fully saturated rings. The molecule has 23 heavy (non-hydrogen) atoms. The van der Waals surface area contributed by atoms with Crippen LogP contribution >= 0.6 is 11.6 Å². The van der Waals surface area contributed by atoms with Gasteiger partial charge in [0, 0.05) is 36.9 Å². The predicted octanol–water partition coefficient (Wildman–Crippen LogP) is 4.26. The molecule has 0 radical (unpaired) electrons. The second kappa shape index (κ2) is 5.71. The van der Waals surface area contributed by atoms with Crippen LogP contribution in [-0.2, 0) is 4.74 Å². The highest BCUT2D eigenvalue weighted by atomic mass is 35.5. The first-order valence-electron chi connectivity index (χ1n) is 7.82. The summed E-state index contributed by atoms with van der Waals surface area (Å²) < 4.78 is 7.65. The van der Waals surface area contributed by atoms with Crippen LogP contribution in [0.2, 0.25) is 5.15 Å². The Morgan fingerprint density at radius 3 is 2.78 bits per heavy atom. The van der Waals surface area contributed by atoms with Crippen LogP contribution < -0.4 is 0 Å². The van der Waals surface area contributed by atoms with Crippen molar-refractivity contribution < 1.29 is 9.53 Å². The Balaban J connectivity index is 1.66. The van der Waals surface area contributed by atoms with Crippen LogP contribution in [0.25, 0.3) is 10.9 Å². The van der Waals surface area contributed by atoms with E-state index in [0.717, 1.165) is 23.7 Å². The lowest BCUT2D eigenvalue weighted by Gasteiger charge is -2.42. The number of amides is 1. The molecular formula is C17H22ClN3O2. The van der Waals surface area contributed by atoms with Gasteiger partial charge >= 0.3 is 6.09 Å². The Hall–Kier alpha value is -1.75. The highest BCUT2D eigenvalue weighted by molar-refractivity contribution is 6.30. The van der Waals surface area contributed by atoms with Crippen molar-refractivity contribution in [1.29, 1.82) is 0 Å². The average molecular weight is 336 g/mol. The summed E-state index contributed by atoms with van der Waals surface area (Å²) in [6.07, 6.45) is 5.43. The summed E-state index contributed by atoms with van der Waals surface area (Å²) >= 11 is 6.00. The van der Waals surface area contributed by atoms with Gasteiger partial charge in [0.2, 0.25) is 0 Å². The van der Waals surface area contributed by atoms with Crippen molar-refractivity contribution >= 4 is 28.6 Å². The number of pyridine rings is 1. The van der Waals surface area contributed by atoms with Gasteiger partial charge in [0.1, 0.15) is 10.8 Å². The van der Waals surface area contributed by atoms with Crippen molar-refractivity contribution in [1.82, 2.24) is 14.5 Å². The summed E-state index contributed by atoms with van der Waals surface area (Å²) in [5.41, 5.74) is 0.628. The maximum Gasteiger partial charge on any atom is 0.410 e. The van der Waals surface area contributed by atoms with Crippen LogP contribution in [0, 0.1) is 0 Å². The fourth-order valence-electron chi connectivity index (χ4n) is 2.93. The normalized spacial score (nSPS) is 21.1. The molecule has 0 bridgehead atoms. The summed E-state index contributed by atoms with van der Waals surface area (Å²) in [5, 5.41) is 1.58. The Morgan fingerprint density at radius 2 is 2.13 bits per heavy atom. The number of ether oxygens (including phenoxy) is 1. The molecule has 1 aliphatic rings. The van der Waals surface area contributed by atoms with Crippen LogP contribution in [-0.4, -0.2) is 39.2 Å². The molecule has 124 valence electrons. The van der Waals surface area contributed by atoms with Crippen molar-refractivity contribution in [2.75, 3.05) is 7.05 Å². The molecule has 1 amide bonds. The van der Waals surface area contributed by atoms with E-state index in [4.69, 9.17) is 16.3 Å². The molecule has 1 saturated carbocycles. The van der Waals surface area contributed by atoms with Crippen LogP contribution in [0.5, 0.6) is 0 Å². The molecule has 0 spiro atoms. The van der Waals surface area contributed by atoms with Crippen molar-refractivity contribution in [2.45, 2.75) is 51.3 Å². The molecular weight excluding hydrogens is 314 g/mol. The number of hydrogen-bond acceptors (Lipinski definition) is 3. The lowest BCUT2D eigenvalue weighted by atomic mass is 9.85. The van der Waals surface area contributed by atoms with Crippen molar-refractivity contribution in [3.63, 3.8) is 0 Å². The Morgan fingerprint density at radius 1 is 1.43 bits per heavy atom. The first-order valence-corrected chi connectivity index (χ1v) is 8.20. The number of fused-ring (bicyclic) bond motifs is 1. The van der Waals surface area contributed by atoms with Crippen molar-refractivity contribution in [3.05, 3.63) is 29.7 Å². The number of nitrogens with zero attached hydrogens (tertiary/aromatic N) is 3. The number of halogens is 1. The number of carbonyl (C=O) groups is 1. The van der Waals surface area contributed by atoms with Gasteiger partial charge in [-0.3, -0.25) is 0 Å². The van der Waals surface area contributed by atoms with Crippen LogP contribution in [0.15, 0.2) is 24.5 Å². The van der Waals surface area contributed by atoms with Gasteiger partial charge in [-0.25, -0.2) is 9.78 Å². The number of hydrogen-bond donors (Lipinski definition) is 0. The van der Waals surface area contributed by atoms with E-state index in [2.05, 4.69) is 15.7 Å². The molecule has 2 aromatic heterocycles. The van der Waals surface area contributed by atoms with Crippen molar-refractivity contribution in [2.24, 2.45) is 0 Å². The fourth-order valence-corrected chi connectivity index (χ4v) is 3.08. The highest BCUT2D eigenvalue weighted by Crippen LogP contribution is 2.38. The van der Waals surface area contributed by atoms with Crippen LogP contribution in [0.1, 0.15) is 39.7 Å².